The Kier molecular flexibility index (Phi) is 6.48. The molecule has 1 atom stereocenters. The van der Waals surface area contributed by atoms with Crippen molar-refractivity contribution in [2.24, 2.45) is 0 Å². The summed E-state index contributed by atoms with van der Waals surface area (Å²) in [5, 5.41) is 2.93. The number of hydrogen-bond acceptors (Lipinski definition) is 4. The lowest BCUT2D eigenvalue weighted by Gasteiger charge is -2.35. The number of hydrogen-bond donors (Lipinski definition) is 1. The summed E-state index contributed by atoms with van der Waals surface area (Å²) in [5.74, 6) is -1.16. The Labute approximate surface area is 158 Å². The number of halogens is 2. The molecule has 26 heavy (non-hydrogen) atoms. The molecule has 0 fully saturated rings. The summed E-state index contributed by atoms with van der Waals surface area (Å²) in [6, 6.07) is 9.08. The van der Waals surface area contributed by atoms with E-state index in [1.807, 2.05) is 0 Å². The normalized spacial score (nSPS) is 17.8. The number of rotatable bonds is 5. The van der Waals surface area contributed by atoms with Gasteiger partial charge in [-0.05, 0) is 44.3 Å². The molecule has 0 aromatic heterocycles. The molecule has 2 aromatic carbocycles. The fourth-order valence-electron chi connectivity index (χ4n) is 2.74. The van der Waals surface area contributed by atoms with Crippen molar-refractivity contribution in [3.8, 4) is 5.75 Å². The zero-order chi connectivity index (χ0) is 18.0. The van der Waals surface area contributed by atoms with Crippen molar-refractivity contribution >= 4 is 34.9 Å². The smallest absolute Gasteiger partial charge is 0.278 e. The van der Waals surface area contributed by atoms with Gasteiger partial charge in [-0.3, -0.25) is 0 Å². The van der Waals surface area contributed by atoms with Gasteiger partial charge in [0, 0.05) is 12.5 Å². The van der Waals surface area contributed by atoms with Gasteiger partial charge in [0.15, 0.2) is 0 Å². The van der Waals surface area contributed by atoms with Crippen molar-refractivity contribution in [1.29, 1.82) is 0 Å². The van der Waals surface area contributed by atoms with Gasteiger partial charge in [-0.2, -0.15) is 13.5 Å². The van der Waals surface area contributed by atoms with Crippen LogP contribution in [-0.4, -0.2) is 27.4 Å². The lowest BCUT2D eigenvalue weighted by Crippen LogP contribution is -2.43. The van der Waals surface area contributed by atoms with Gasteiger partial charge in [0.25, 0.3) is 10.0 Å². The maximum Gasteiger partial charge on any atom is 0.278 e. The second-order valence-corrected chi connectivity index (χ2v) is 7.59. The number of anilines is 2. The summed E-state index contributed by atoms with van der Waals surface area (Å²) in [6.07, 6.45) is 0.736. The minimum atomic E-state index is -4.03. The summed E-state index contributed by atoms with van der Waals surface area (Å²) >= 11 is 0. The highest BCUT2D eigenvalue weighted by Gasteiger charge is 2.41. The van der Waals surface area contributed by atoms with Gasteiger partial charge in [-0.25, -0.2) is 21.5 Å². The first-order valence-electron chi connectivity index (χ1n) is 7.84. The second-order valence-electron chi connectivity index (χ2n) is 5.67. The van der Waals surface area contributed by atoms with Gasteiger partial charge >= 0.3 is 0 Å². The predicted molar refractivity (Wildman–Crippen MR) is 102 cm³/mol. The standard InChI is InChI=1S/C17H18F2N2O3S.H2S/c1-20-10-4-7-17-24-16-11-12(18)8-9-15(16)21(25(17,22)23)14-6-3-2-5-13(14)19;/h2-3,5-6,8-9,11,17,20H,4,7,10H2,1H3;1H2/t17-;/m0./s1. The molecule has 1 heterocycles. The van der Waals surface area contributed by atoms with Crippen LogP contribution in [0.15, 0.2) is 42.5 Å². The van der Waals surface area contributed by atoms with Gasteiger partial charge in [-0.1, -0.05) is 12.1 Å². The molecule has 1 aliphatic heterocycles. The number of para-hydroxylation sites is 1. The molecule has 0 bridgehead atoms. The molecule has 0 aliphatic carbocycles. The topological polar surface area (TPSA) is 58.6 Å². The minimum Gasteiger partial charge on any atom is -0.470 e. The number of sulfonamides is 1. The summed E-state index contributed by atoms with van der Waals surface area (Å²) in [5.41, 5.74) is -1.23. The Hall–Kier alpha value is -1.84. The van der Waals surface area contributed by atoms with E-state index in [2.05, 4.69) is 5.32 Å². The van der Waals surface area contributed by atoms with Crippen LogP contribution in [0, 0.1) is 11.6 Å². The highest BCUT2D eigenvalue weighted by Crippen LogP contribution is 2.44. The SMILES string of the molecule is CNCCC[C@H]1Oc2cc(F)ccc2N(c2ccccc2F)S1(=O)=O.S. The zero-order valence-electron chi connectivity index (χ0n) is 14.1. The van der Waals surface area contributed by atoms with E-state index in [0.717, 1.165) is 16.4 Å². The van der Waals surface area contributed by atoms with E-state index in [9.17, 15) is 17.2 Å². The van der Waals surface area contributed by atoms with Gasteiger partial charge in [-0.15, -0.1) is 0 Å². The largest absolute Gasteiger partial charge is 0.470 e. The molecule has 2 aromatic rings. The molecular weight excluding hydrogens is 382 g/mol. The van der Waals surface area contributed by atoms with E-state index < -0.39 is 27.1 Å². The fraction of sp³-hybridized carbons (Fsp3) is 0.294. The van der Waals surface area contributed by atoms with E-state index in [1.165, 1.54) is 24.3 Å². The van der Waals surface area contributed by atoms with Gasteiger partial charge in [0.2, 0.25) is 5.44 Å². The first-order valence-corrected chi connectivity index (χ1v) is 9.35. The third kappa shape index (κ3) is 3.79. The van der Waals surface area contributed by atoms with Crippen LogP contribution >= 0.6 is 13.5 Å². The van der Waals surface area contributed by atoms with Gasteiger partial charge in [0.1, 0.15) is 17.4 Å². The highest BCUT2D eigenvalue weighted by molar-refractivity contribution is 7.93. The maximum absolute atomic E-state index is 14.3. The van der Waals surface area contributed by atoms with Crippen LogP contribution < -0.4 is 14.4 Å². The quantitative estimate of drug-likeness (QED) is 0.780. The zero-order valence-corrected chi connectivity index (χ0v) is 15.9. The maximum atomic E-state index is 14.3. The molecule has 0 radical (unpaired) electrons. The Morgan fingerprint density at radius 1 is 1.15 bits per heavy atom. The van der Waals surface area contributed by atoms with Crippen molar-refractivity contribution < 1.29 is 21.9 Å². The highest BCUT2D eigenvalue weighted by atomic mass is 32.2. The van der Waals surface area contributed by atoms with Crippen molar-refractivity contribution in [2.45, 2.75) is 18.3 Å². The molecule has 0 spiro atoms. The number of ether oxygens (including phenoxy) is 1. The van der Waals surface area contributed by atoms with Crippen LogP contribution in [0.2, 0.25) is 0 Å². The Bertz CT molecular complexity index is 878. The van der Waals surface area contributed by atoms with Gasteiger partial charge in [0.05, 0.1) is 11.4 Å². The van der Waals surface area contributed by atoms with Crippen molar-refractivity contribution in [2.75, 3.05) is 17.9 Å². The fourth-order valence-corrected chi connectivity index (χ4v) is 4.52. The van der Waals surface area contributed by atoms with Crippen LogP contribution in [-0.2, 0) is 10.0 Å². The number of benzene rings is 2. The van der Waals surface area contributed by atoms with Crippen LogP contribution in [0.25, 0.3) is 0 Å². The Morgan fingerprint density at radius 2 is 1.88 bits per heavy atom. The van der Waals surface area contributed by atoms with Crippen molar-refractivity contribution in [1.82, 2.24) is 5.32 Å². The van der Waals surface area contributed by atoms with Crippen molar-refractivity contribution in [3.63, 3.8) is 0 Å². The first-order chi connectivity index (χ1) is 11.9. The molecular formula is C17H20F2N2O3S2. The third-order valence-electron chi connectivity index (χ3n) is 3.92. The molecule has 9 heteroatoms. The van der Waals surface area contributed by atoms with E-state index in [1.54, 1.807) is 13.1 Å². The van der Waals surface area contributed by atoms with Gasteiger partial charge < -0.3 is 10.1 Å². The average molecular weight is 402 g/mol. The summed E-state index contributed by atoms with van der Waals surface area (Å²) in [4.78, 5) is 0. The minimum absolute atomic E-state index is 0. The van der Waals surface area contributed by atoms with E-state index in [4.69, 9.17) is 4.74 Å². The lowest BCUT2D eigenvalue weighted by molar-refractivity contribution is 0.253. The van der Waals surface area contributed by atoms with E-state index in [-0.39, 0.29) is 37.0 Å². The average Bonchev–Trinajstić information content (AvgIpc) is 2.57. The lowest BCUT2D eigenvalue weighted by atomic mass is 10.2. The molecule has 5 nitrogen and oxygen atoms in total. The Morgan fingerprint density at radius 3 is 2.58 bits per heavy atom. The molecule has 0 unspecified atom stereocenters. The van der Waals surface area contributed by atoms with E-state index >= 15 is 0 Å². The molecule has 0 amide bonds. The van der Waals surface area contributed by atoms with Crippen LogP contribution in [0.4, 0.5) is 20.2 Å². The molecule has 1 N–H and O–H groups in total. The van der Waals surface area contributed by atoms with E-state index in [0.29, 0.717) is 13.0 Å². The monoisotopic (exact) mass is 402 g/mol. The molecule has 0 saturated heterocycles. The second kappa shape index (κ2) is 8.24. The first kappa shape index (κ1) is 20.5. The van der Waals surface area contributed by atoms with Crippen LogP contribution in [0.3, 0.4) is 0 Å². The number of nitrogens with one attached hydrogen (secondary N) is 1. The van der Waals surface area contributed by atoms with Crippen molar-refractivity contribution in [3.05, 3.63) is 54.1 Å². The van der Waals surface area contributed by atoms with Crippen LogP contribution in [0.1, 0.15) is 12.8 Å². The molecule has 142 valence electrons. The summed E-state index contributed by atoms with van der Waals surface area (Å²) < 4.78 is 60.4. The predicted octanol–water partition coefficient (Wildman–Crippen LogP) is 3.26. The molecule has 3 rings (SSSR count). The number of fused-ring (bicyclic) bond motifs is 1. The summed E-state index contributed by atoms with van der Waals surface area (Å²) in [7, 11) is -2.27. The van der Waals surface area contributed by atoms with Crippen LogP contribution in [0.5, 0.6) is 5.75 Å². The number of nitrogens with zero attached hydrogens (tertiary/aromatic N) is 1. The Balaban J connectivity index is 0.00000243. The third-order valence-corrected chi connectivity index (χ3v) is 5.82. The molecule has 0 saturated carbocycles. The molecule has 1 aliphatic rings. The summed E-state index contributed by atoms with van der Waals surface area (Å²) in [6.45, 7) is 0.602.